The summed E-state index contributed by atoms with van der Waals surface area (Å²) in [5.74, 6) is 0.442. The molecule has 0 saturated carbocycles. The van der Waals surface area contributed by atoms with Gasteiger partial charge in [0.1, 0.15) is 0 Å². The molecule has 0 N–H and O–H groups in total. The molecular weight excluding hydrogens is 221 g/mol. The van der Waals surface area contributed by atoms with Crippen LogP contribution in [-0.4, -0.2) is 32.1 Å². The summed E-state index contributed by atoms with van der Waals surface area (Å²) < 4.78 is 43.0. The highest BCUT2D eigenvalue weighted by atomic mass is 35.5. The maximum atomic E-state index is 11.5. The summed E-state index contributed by atoms with van der Waals surface area (Å²) in [6.07, 6.45) is -2.71. The second kappa shape index (κ2) is 8.32. The number of hydrogen-bond donors (Lipinski definition) is 0. The zero-order valence-corrected chi connectivity index (χ0v) is 8.53. The van der Waals surface area contributed by atoms with Crippen molar-refractivity contribution in [2.45, 2.75) is 25.6 Å². The first-order valence-electron chi connectivity index (χ1n) is 4.40. The Bertz CT molecular complexity index is 130. The van der Waals surface area contributed by atoms with Crippen LogP contribution in [0.1, 0.15) is 19.3 Å². The normalized spacial score (nSPS) is 12.0. The van der Waals surface area contributed by atoms with Crippen molar-refractivity contribution in [1.29, 1.82) is 0 Å². The van der Waals surface area contributed by atoms with Crippen molar-refractivity contribution in [3.8, 4) is 0 Å². The van der Waals surface area contributed by atoms with Crippen molar-refractivity contribution in [1.82, 2.24) is 0 Å². The zero-order chi connectivity index (χ0) is 10.9. The zero-order valence-electron chi connectivity index (χ0n) is 7.78. The average molecular weight is 235 g/mol. The van der Waals surface area contributed by atoms with E-state index in [-0.39, 0.29) is 6.61 Å². The first kappa shape index (κ1) is 14.0. The van der Waals surface area contributed by atoms with Crippen molar-refractivity contribution in [2.24, 2.45) is 0 Å². The Morgan fingerprint density at radius 1 is 0.929 bits per heavy atom. The lowest BCUT2D eigenvalue weighted by Crippen LogP contribution is -2.14. The summed E-state index contributed by atoms with van der Waals surface area (Å²) in [6.45, 7) is 0.748. The van der Waals surface area contributed by atoms with Gasteiger partial charge in [-0.3, -0.25) is 4.74 Å². The highest BCUT2D eigenvalue weighted by molar-refractivity contribution is 6.17. The van der Waals surface area contributed by atoms with Gasteiger partial charge in [0.25, 0.3) is 0 Å². The Morgan fingerprint density at radius 3 is 2.14 bits per heavy atom. The second-order valence-electron chi connectivity index (χ2n) is 2.66. The van der Waals surface area contributed by atoms with E-state index in [4.69, 9.17) is 16.3 Å². The van der Waals surface area contributed by atoms with Gasteiger partial charge in [0, 0.05) is 12.5 Å². The van der Waals surface area contributed by atoms with Gasteiger partial charge in [-0.25, -0.2) is 0 Å². The molecule has 2 nitrogen and oxygen atoms in total. The van der Waals surface area contributed by atoms with Gasteiger partial charge < -0.3 is 4.74 Å². The van der Waals surface area contributed by atoms with Crippen molar-refractivity contribution >= 4 is 11.6 Å². The molecule has 0 unspecified atom stereocenters. The molecule has 14 heavy (non-hydrogen) atoms. The number of rotatable bonds is 8. The fraction of sp³-hybridized carbons (Fsp3) is 1.00. The molecule has 0 amide bonds. The molecule has 0 aromatic rings. The van der Waals surface area contributed by atoms with Crippen LogP contribution < -0.4 is 0 Å². The second-order valence-corrected chi connectivity index (χ2v) is 3.03. The largest absolute Gasteiger partial charge is 0.522 e. The van der Waals surface area contributed by atoms with E-state index in [1.807, 2.05) is 0 Å². The van der Waals surface area contributed by atoms with Crippen LogP contribution in [0.4, 0.5) is 13.2 Å². The summed E-state index contributed by atoms with van der Waals surface area (Å²) in [6, 6.07) is 0. The van der Waals surface area contributed by atoms with Gasteiger partial charge in [-0.15, -0.1) is 24.8 Å². The molecule has 0 aliphatic carbocycles. The average Bonchev–Trinajstić information content (AvgIpc) is 2.08. The van der Waals surface area contributed by atoms with Crippen LogP contribution in [0, 0.1) is 0 Å². The van der Waals surface area contributed by atoms with Crippen LogP contribution >= 0.6 is 11.6 Å². The Hall–Kier alpha value is 0. The molecule has 0 rings (SSSR count). The van der Waals surface area contributed by atoms with Gasteiger partial charge in [-0.1, -0.05) is 0 Å². The summed E-state index contributed by atoms with van der Waals surface area (Å²) >= 11 is 5.34. The molecule has 0 aliphatic rings. The van der Waals surface area contributed by atoms with Crippen LogP contribution in [0.15, 0.2) is 0 Å². The third kappa shape index (κ3) is 12.0. The van der Waals surface area contributed by atoms with Crippen molar-refractivity contribution in [2.75, 3.05) is 25.7 Å². The summed E-state index contributed by atoms with van der Waals surface area (Å²) in [5.41, 5.74) is 0. The van der Waals surface area contributed by atoms with Gasteiger partial charge in [0.2, 0.25) is 0 Å². The number of alkyl halides is 4. The van der Waals surface area contributed by atoms with Gasteiger partial charge in [0.05, 0.1) is 13.2 Å². The first-order chi connectivity index (χ1) is 6.56. The topological polar surface area (TPSA) is 18.5 Å². The van der Waals surface area contributed by atoms with E-state index < -0.39 is 6.36 Å². The van der Waals surface area contributed by atoms with Crippen molar-refractivity contribution < 1.29 is 22.6 Å². The molecule has 0 aromatic heterocycles. The van der Waals surface area contributed by atoms with E-state index in [1.54, 1.807) is 0 Å². The number of hydrogen-bond acceptors (Lipinski definition) is 2. The van der Waals surface area contributed by atoms with Crippen LogP contribution in [0.3, 0.4) is 0 Å². The molecule has 0 spiro atoms. The summed E-state index contributed by atoms with van der Waals surface area (Å²) in [7, 11) is 0. The van der Waals surface area contributed by atoms with Crippen molar-refractivity contribution in [3.63, 3.8) is 0 Å². The Labute approximate surface area is 86.3 Å². The van der Waals surface area contributed by atoms with E-state index in [2.05, 4.69) is 4.74 Å². The quantitative estimate of drug-likeness (QED) is 0.475. The van der Waals surface area contributed by atoms with Crippen LogP contribution in [0.2, 0.25) is 0 Å². The predicted molar refractivity (Wildman–Crippen MR) is 47.4 cm³/mol. The molecule has 0 radical (unpaired) electrons. The lowest BCUT2D eigenvalue weighted by Gasteiger charge is -2.06. The van der Waals surface area contributed by atoms with Crippen LogP contribution in [-0.2, 0) is 9.47 Å². The molecule has 0 saturated heterocycles. The summed E-state index contributed by atoms with van der Waals surface area (Å²) in [5, 5.41) is 0. The fourth-order valence-corrected chi connectivity index (χ4v) is 0.937. The minimum Gasteiger partial charge on any atom is -0.380 e. The van der Waals surface area contributed by atoms with Gasteiger partial charge in [-0.05, 0) is 19.3 Å². The SMILES string of the molecule is FC(F)(F)OCCCCCOCCCl. The minimum atomic E-state index is -4.50. The molecule has 86 valence electrons. The first-order valence-corrected chi connectivity index (χ1v) is 4.94. The number of unbranched alkanes of at least 4 members (excludes halogenated alkanes) is 2. The molecule has 6 heteroatoms. The van der Waals surface area contributed by atoms with Crippen molar-refractivity contribution in [3.05, 3.63) is 0 Å². The van der Waals surface area contributed by atoms with E-state index in [0.29, 0.717) is 31.9 Å². The minimum absolute atomic E-state index is 0.279. The fourth-order valence-electron chi connectivity index (χ4n) is 0.827. The lowest BCUT2D eigenvalue weighted by atomic mass is 10.2. The molecule has 0 fully saturated rings. The van der Waals surface area contributed by atoms with Gasteiger partial charge in [0.15, 0.2) is 0 Å². The molecule has 0 heterocycles. The monoisotopic (exact) mass is 234 g/mol. The maximum Gasteiger partial charge on any atom is 0.522 e. The Balaban J connectivity index is 2.99. The van der Waals surface area contributed by atoms with E-state index in [1.165, 1.54) is 0 Å². The van der Waals surface area contributed by atoms with Crippen LogP contribution in [0.5, 0.6) is 0 Å². The maximum absolute atomic E-state index is 11.5. The molecule has 0 aliphatic heterocycles. The summed E-state index contributed by atoms with van der Waals surface area (Å²) in [4.78, 5) is 0. The third-order valence-corrected chi connectivity index (χ3v) is 1.57. The third-order valence-electron chi connectivity index (χ3n) is 1.42. The molecule has 0 bridgehead atoms. The van der Waals surface area contributed by atoms with Gasteiger partial charge in [-0.2, -0.15) is 0 Å². The Morgan fingerprint density at radius 2 is 1.57 bits per heavy atom. The number of ether oxygens (including phenoxy) is 2. The van der Waals surface area contributed by atoms with E-state index >= 15 is 0 Å². The van der Waals surface area contributed by atoms with Gasteiger partial charge >= 0.3 is 6.36 Å². The van der Waals surface area contributed by atoms with Crippen LogP contribution in [0.25, 0.3) is 0 Å². The number of halogens is 4. The molecule has 0 aromatic carbocycles. The standard InChI is InChI=1S/C8H14ClF3O2/c9-4-7-13-5-2-1-3-6-14-8(10,11)12/h1-7H2. The highest BCUT2D eigenvalue weighted by Gasteiger charge is 2.28. The highest BCUT2D eigenvalue weighted by Crippen LogP contribution is 2.16. The van der Waals surface area contributed by atoms with E-state index in [0.717, 1.165) is 6.42 Å². The smallest absolute Gasteiger partial charge is 0.380 e. The Kier molecular flexibility index (Phi) is 8.32. The molecular formula is C8H14ClF3O2. The lowest BCUT2D eigenvalue weighted by molar-refractivity contribution is -0.324. The molecule has 0 atom stereocenters. The van der Waals surface area contributed by atoms with E-state index in [9.17, 15) is 13.2 Å². The predicted octanol–water partition coefficient (Wildman–Crippen LogP) is 2.95.